The first-order valence-corrected chi connectivity index (χ1v) is 4.89. The van der Waals surface area contributed by atoms with Gasteiger partial charge in [-0.05, 0) is 19.4 Å². The average Bonchev–Trinajstić information content (AvgIpc) is 2.54. The lowest BCUT2D eigenvalue weighted by atomic mass is 10.3. The minimum Gasteiger partial charge on any atom is -0.338 e. The monoisotopic (exact) mass is 183 g/mol. The smallest absolute Gasteiger partial charge is 0.240 e. The Labute approximate surface area is 78.7 Å². The molecule has 0 aliphatic carbocycles. The Morgan fingerprint density at radius 3 is 2.85 bits per heavy atom. The van der Waals surface area contributed by atoms with E-state index in [1.54, 1.807) is 0 Å². The standard InChI is InChI=1S/C9H17N3O/c1-3-5-8-11-9(13-12-8)7-10-6-4-2/h10H,3-7H2,1-2H3. The minimum absolute atomic E-state index is 0.685. The number of nitrogens with one attached hydrogen (secondary N) is 1. The van der Waals surface area contributed by atoms with Crippen LogP contribution in [0.3, 0.4) is 0 Å². The molecule has 0 saturated carbocycles. The van der Waals surface area contributed by atoms with E-state index in [0.717, 1.165) is 31.6 Å². The predicted octanol–water partition coefficient (Wildman–Crippen LogP) is 1.52. The molecule has 0 saturated heterocycles. The molecule has 0 fully saturated rings. The summed E-state index contributed by atoms with van der Waals surface area (Å²) in [4.78, 5) is 4.23. The fourth-order valence-electron chi connectivity index (χ4n) is 1.06. The molecular formula is C9H17N3O. The van der Waals surface area contributed by atoms with Crippen molar-refractivity contribution in [3.8, 4) is 0 Å². The van der Waals surface area contributed by atoms with Crippen LogP contribution < -0.4 is 5.32 Å². The second-order valence-electron chi connectivity index (χ2n) is 3.03. The first-order valence-electron chi connectivity index (χ1n) is 4.89. The van der Waals surface area contributed by atoms with Gasteiger partial charge in [-0.3, -0.25) is 0 Å². The van der Waals surface area contributed by atoms with Gasteiger partial charge < -0.3 is 9.84 Å². The second kappa shape index (κ2) is 5.70. The summed E-state index contributed by atoms with van der Waals surface area (Å²) in [6.45, 7) is 5.91. The number of aryl methyl sites for hydroxylation is 1. The molecule has 1 rings (SSSR count). The third kappa shape index (κ3) is 3.55. The minimum atomic E-state index is 0.685. The van der Waals surface area contributed by atoms with E-state index in [-0.39, 0.29) is 0 Å². The van der Waals surface area contributed by atoms with Crippen molar-refractivity contribution in [2.24, 2.45) is 0 Å². The summed E-state index contributed by atoms with van der Waals surface area (Å²) in [7, 11) is 0. The SMILES string of the molecule is CCCNCc1nc(CCC)no1. The topological polar surface area (TPSA) is 51.0 Å². The van der Waals surface area contributed by atoms with E-state index in [9.17, 15) is 0 Å². The van der Waals surface area contributed by atoms with Gasteiger partial charge in [0.25, 0.3) is 0 Å². The molecule has 4 nitrogen and oxygen atoms in total. The van der Waals surface area contributed by atoms with E-state index in [0.29, 0.717) is 12.4 Å². The third-order valence-corrected chi connectivity index (χ3v) is 1.69. The molecule has 0 bridgehead atoms. The summed E-state index contributed by atoms with van der Waals surface area (Å²) < 4.78 is 5.04. The van der Waals surface area contributed by atoms with Crippen molar-refractivity contribution >= 4 is 0 Å². The van der Waals surface area contributed by atoms with Crippen LogP contribution in [0.5, 0.6) is 0 Å². The molecule has 1 aromatic heterocycles. The molecule has 0 atom stereocenters. The van der Waals surface area contributed by atoms with Crippen LogP contribution >= 0.6 is 0 Å². The van der Waals surface area contributed by atoms with Crippen molar-refractivity contribution in [2.75, 3.05) is 6.54 Å². The molecule has 74 valence electrons. The van der Waals surface area contributed by atoms with E-state index in [4.69, 9.17) is 4.52 Å². The molecule has 1 aromatic rings. The van der Waals surface area contributed by atoms with Gasteiger partial charge in [0.2, 0.25) is 5.89 Å². The van der Waals surface area contributed by atoms with Crippen molar-refractivity contribution in [1.82, 2.24) is 15.5 Å². The first kappa shape index (κ1) is 10.2. The van der Waals surface area contributed by atoms with Crippen LogP contribution in [0.25, 0.3) is 0 Å². The maximum Gasteiger partial charge on any atom is 0.240 e. The van der Waals surface area contributed by atoms with Gasteiger partial charge in [-0.1, -0.05) is 19.0 Å². The fourth-order valence-corrected chi connectivity index (χ4v) is 1.06. The highest BCUT2D eigenvalue weighted by molar-refractivity contribution is 4.85. The Morgan fingerprint density at radius 1 is 1.31 bits per heavy atom. The summed E-state index contributed by atoms with van der Waals surface area (Å²) in [5.41, 5.74) is 0. The van der Waals surface area contributed by atoms with Crippen molar-refractivity contribution in [2.45, 2.75) is 39.7 Å². The molecular weight excluding hydrogens is 166 g/mol. The third-order valence-electron chi connectivity index (χ3n) is 1.69. The lowest BCUT2D eigenvalue weighted by molar-refractivity contribution is 0.363. The Kier molecular flexibility index (Phi) is 4.46. The molecule has 0 aromatic carbocycles. The normalized spacial score (nSPS) is 10.6. The van der Waals surface area contributed by atoms with Crippen LogP contribution in [-0.4, -0.2) is 16.7 Å². The predicted molar refractivity (Wildman–Crippen MR) is 50.3 cm³/mol. The molecule has 0 aliphatic rings. The molecule has 13 heavy (non-hydrogen) atoms. The summed E-state index contributed by atoms with van der Waals surface area (Å²) in [5, 5.41) is 7.07. The number of hydrogen-bond donors (Lipinski definition) is 1. The van der Waals surface area contributed by atoms with E-state index in [2.05, 4.69) is 29.3 Å². The lowest BCUT2D eigenvalue weighted by Gasteiger charge is -1.95. The summed E-state index contributed by atoms with van der Waals surface area (Å²) >= 11 is 0. The zero-order chi connectivity index (χ0) is 9.52. The van der Waals surface area contributed by atoms with Crippen molar-refractivity contribution in [3.63, 3.8) is 0 Å². The van der Waals surface area contributed by atoms with Gasteiger partial charge in [-0.2, -0.15) is 4.98 Å². The molecule has 1 heterocycles. The Balaban J connectivity index is 2.31. The molecule has 1 N–H and O–H groups in total. The highest BCUT2D eigenvalue weighted by Gasteiger charge is 2.03. The van der Waals surface area contributed by atoms with Gasteiger partial charge in [0.15, 0.2) is 5.82 Å². The van der Waals surface area contributed by atoms with Gasteiger partial charge in [0, 0.05) is 6.42 Å². The molecule has 0 radical (unpaired) electrons. The number of rotatable bonds is 6. The number of nitrogens with zero attached hydrogens (tertiary/aromatic N) is 2. The van der Waals surface area contributed by atoms with Crippen LogP contribution in [0.4, 0.5) is 0 Å². The maximum atomic E-state index is 5.04. The Morgan fingerprint density at radius 2 is 2.15 bits per heavy atom. The highest BCUT2D eigenvalue weighted by Crippen LogP contribution is 1.99. The number of hydrogen-bond acceptors (Lipinski definition) is 4. The average molecular weight is 183 g/mol. The summed E-state index contributed by atoms with van der Waals surface area (Å²) in [6.07, 6.45) is 3.08. The largest absolute Gasteiger partial charge is 0.338 e. The summed E-state index contributed by atoms with van der Waals surface area (Å²) in [6, 6.07) is 0. The molecule has 0 amide bonds. The summed E-state index contributed by atoms with van der Waals surface area (Å²) in [5.74, 6) is 1.51. The van der Waals surface area contributed by atoms with Gasteiger partial charge in [0.1, 0.15) is 0 Å². The molecule has 0 unspecified atom stereocenters. The van der Waals surface area contributed by atoms with Crippen LogP contribution in [-0.2, 0) is 13.0 Å². The second-order valence-corrected chi connectivity index (χ2v) is 3.03. The van der Waals surface area contributed by atoms with Crippen molar-refractivity contribution in [1.29, 1.82) is 0 Å². The van der Waals surface area contributed by atoms with E-state index >= 15 is 0 Å². The van der Waals surface area contributed by atoms with Gasteiger partial charge >= 0.3 is 0 Å². The van der Waals surface area contributed by atoms with Gasteiger partial charge in [-0.25, -0.2) is 0 Å². The fraction of sp³-hybridized carbons (Fsp3) is 0.778. The van der Waals surface area contributed by atoms with E-state index in [1.165, 1.54) is 0 Å². The van der Waals surface area contributed by atoms with Gasteiger partial charge in [-0.15, -0.1) is 0 Å². The van der Waals surface area contributed by atoms with Crippen LogP contribution in [0.15, 0.2) is 4.52 Å². The zero-order valence-electron chi connectivity index (χ0n) is 8.34. The first-order chi connectivity index (χ1) is 6.36. The lowest BCUT2D eigenvalue weighted by Crippen LogP contribution is -2.13. The molecule has 0 spiro atoms. The number of aromatic nitrogens is 2. The van der Waals surface area contributed by atoms with E-state index in [1.807, 2.05) is 0 Å². The van der Waals surface area contributed by atoms with Crippen LogP contribution in [0.2, 0.25) is 0 Å². The molecule has 4 heteroatoms. The van der Waals surface area contributed by atoms with Crippen molar-refractivity contribution < 1.29 is 4.52 Å². The molecule has 0 aliphatic heterocycles. The Bertz CT molecular complexity index is 235. The highest BCUT2D eigenvalue weighted by atomic mass is 16.5. The van der Waals surface area contributed by atoms with Gasteiger partial charge in [0.05, 0.1) is 6.54 Å². The van der Waals surface area contributed by atoms with Crippen molar-refractivity contribution in [3.05, 3.63) is 11.7 Å². The zero-order valence-corrected chi connectivity index (χ0v) is 8.34. The maximum absolute atomic E-state index is 5.04. The van der Waals surface area contributed by atoms with Crippen LogP contribution in [0.1, 0.15) is 38.4 Å². The van der Waals surface area contributed by atoms with Crippen LogP contribution in [0, 0.1) is 0 Å². The quantitative estimate of drug-likeness (QED) is 0.679. The Hall–Kier alpha value is -0.900. The van der Waals surface area contributed by atoms with E-state index < -0.39 is 0 Å².